The van der Waals surface area contributed by atoms with Gasteiger partial charge in [0.1, 0.15) is 11.8 Å². The summed E-state index contributed by atoms with van der Waals surface area (Å²) in [6, 6.07) is 6.43. The summed E-state index contributed by atoms with van der Waals surface area (Å²) in [7, 11) is 0. The van der Waals surface area contributed by atoms with E-state index >= 15 is 0 Å². The third kappa shape index (κ3) is 1.86. The molecule has 1 atom stereocenters. The number of hydrogen-bond acceptors (Lipinski definition) is 6. The van der Waals surface area contributed by atoms with Gasteiger partial charge in [0.2, 0.25) is 11.9 Å². The predicted octanol–water partition coefficient (Wildman–Crippen LogP) is 1.59. The average Bonchev–Trinajstić information content (AvgIpc) is 2.86. The van der Waals surface area contributed by atoms with Crippen LogP contribution >= 0.6 is 0 Å². The van der Waals surface area contributed by atoms with Crippen molar-refractivity contribution in [3.8, 4) is 5.75 Å². The second kappa shape index (κ2) is 4.59. The van der Waals surface area contributed by atoms with Crippen molar-refractivity contribution in [1.29, 1.82) is 0 Å². The second-order valence-corrected chi connectivity index (χ2v) is 5.53. The number of Topliss-reactive ketones (excluding diaryl/α,β-unsaturated/α-hetero) is 1. The lowest BCUT2D eigenvalue weighted by Crippen LogP contribution is -2.31. The van der Waals surface area contributed by atoms with Crippen LogP contribution in [-0.4, -0.2) is 25.7 Å². The lowest BCUT2D eigenvalue weighted by molar-refractivity contribution is -0.116. The topological polar surface area (TPSA) is 106 Å². The first kappa shape index (κ1) is 12.9. The van der Waals surface area contributed by atoms with Gasteiger partial charge in [-0.3, -0.25) is 4.79 Å². The lowest BCUT2D eigenvalue weighted by atomic mass is 9.85. The molecule has 0 radical (unpaired) electrons. The van der Waals surface area contributed by atoms with Crippen LogP contribution in [0.2, 0.25) is 0 Å². The Morgan fingerprint density at radius 2 is 2.05 bits per heavy atom. The van der Waals surface area contributed by atoms with E-state index < -0.39 is 0 Å². The molecule has 2 aliphatic rings. The fraction of sp³-hybridized carbons (Fsp3) is 0.267. The van der Waals surface area contributed by atoms with E-state index in [-0.39, 0.29) is 23.5 Å². The molecule has 2 heterocycles. The molecule has 4 rings (SSSR count). The standard InChI is InChI=1S/C15H15N5O2/c16-14-18-15-17-10-2-1-3-11(22)12(10)13(20(15)19-14)8-4-6-9(21)7-5-8/h4-7,13,21H,1-3H2,(H3,16,17,18,19). The van der Waals surface area contributed by atoms with Crippen molar-refractivity contribution in [2.24, 2.45) is 0 Å². The fourth-order valence-corrected chi connectivity index (χ4v) is 3.14. The summed E-state index contributed by atoms with van der Waals surface area (Å²) in [6.07, 6.45) is 2.17. The van der Waals surface area contributed by atoms with Gasteiger partial charge in [0.05, 0.1) is 0 Å². The molecule has 1 unspecified atom stereocenters. The number of anilines is 2. The summed E-state index contributed by atoms with van der Waals surface area (Å²) in [5, 5.41) is 16.9. The molecule has 22 heavy (non-hydrogen) atoms. The minimum Gasteiger partial charge on any atom is -0.508 e. The van der Waals surface area contributed by atoms with Crippen LogP contribution in [0, 0.1) is 0 Å². The Kier molecular flexibility index (Phi) is 2.69. The van der Waals surface area contributed by atoms with Crippen LogP contribution in [-0.2, 0) is 4.79 Å². The zero-order valence-electron chi connectivity index (χ0n) is 11.8. The fourth-order valence-electron chi connectivity index (χ4n) is 3.14. The Morgan fingerprint density at radius 3 is 2.82 bits per heavy atom. The number of hydrogen-bond donors (Lipinski definition) is 3. The number of nitrogens with two attached hydrogens (primary N) is 1. The summed E-state index contributed by atoms with van der Waals surface area (Å²) in [5.41, 5.74) is 8.20. The molecule has 1 aromatic heterocycles. The van der Waals surface area contributed by atoms with Crippen LogP contribution in [0.4, 0.5) is 11.9 Å². The molecule has 7 nitrogen and oxygen atoms in total. The van der Waals surface area contributed by atoms with Gasteiger partial charge < -0.3 is 16.2 Å². The molecule has 7 heteroatoms. The van der Waals surface area contributed by atoms with Crippen LogP contribution < -0.4 is 11.1 Å². The van der Waals surface area contributed by atoms with E-state index in [1.54, 1.807) is 28.9 Å². The number of aromatic nitrogens is 3. The van der Waals surface area contributed by atoms with Crippen molar-refractivity contribution in [2.45, 2.75) is 25.3 Å². The van der Waals surface area contributed by atoms with E-state index in [1.807, 2.05) is 0 Å². The summed E-state index contributed by atoms with van der Waals surface area (Å²) in [6.45, 7) is 0. The minimum absolute atomic E-state index is 0.117. The number of phenolic OH excluding ortho intramolecular Hbond substituents is 1. The van der Waals surface area contributed by atoms with Gasteiger partial charge in [0.15, 0.2) is 5.78 Å². The van der Waals surface area contributed by atoms with E-state index in [2.05, 4.69) is 15.4 Å². The maximum absolute atomic E-state index is 12.5. The predicted molar refractivity (Wildman–Crippen MR) is 80.2 cm³/mol. The molecule has 0 amide bonds. The molecule has 2 aromatic rings. The normalized spacial score (nSPS) is 20.4. The molecule has 1 aromatic carbocycles. The molecule has 1 aliphatic carbocycles. The number of carbonyl (C=O) groups excluding carboxylic acids is 1. The molecule has 0 spiro atoms. The van der Waals surface area contributed by atoms with E-state index in [0.29, 0.717) is 17.9 Å². The van der Waals surface area contributed by atoms with Gasteiger partial charge in [0.25, 0.3) is 0 Å². The van der Waals surface area contributed by atoms with E-state index in [0.717, 1.165) is 24.1 Å². The van der Waals surface area contributed by atoms with Gasteiger partial charge in [-0.2, -0.15) is 4.98 Å². The molecule has 1 aliphatic heterocycles. The Labute approximate surface area is 126 Å². The highest BCUT2D eigenvalue weighted by atomic mass is 16.3. The third-order valence-corrected chi connectivity index (χ3v) is 4.09. The van der Waals surface area contributed by atoms with Crippen molar-refractivity contribution in [1.82, 2.24) is 14.8 Å². The van der Waals surface area contributed by atoms with Gasteiger partial charge in [-0.25, -0.2) is 4.68 Å². The number of fused-ring (bicyclic) bond motifs is 1. The number of phenols is 1. The van der Waals surface area contributed by atoms with Gasteiger partial charge in [-0.1, -0.05) is 12.1 Å². The number of carbonyl (C=O) groups is 1. The second-order valence-electron chi connectivity index (χ2n) is 5.53. The molecular formula is C15H15N5O2. The van der Waals surface area contributed by atoms with Gasteiger partial charge in [-0.15, -0.1) is 5.10 Å². The first-order valence-electron chi connectivity index (χ1n) is 7.17. The Hall–Kier alpha value is -2.83. The molecule has 112 valence electrons. The maximum atomic E-state index is 12.5. The van der Waals surface area contributed by atoms with Crippen LogP contribution in [0.3, 0.4) is 0 Å². The smallest absolute Gasteiger partial charge is 0.241 e. The molecule has 0 fully saturated rings. The van der Waals surface area contributed by atoms with Gasteiger partial charge >= 0.3 is 0 Å². The zero-order chi connectivity index (χ0) is 15.3. The SMILES string of the molecule is Nc1nc2n(n1)C(c1ccc(O)cc1)C1=C(CCCC1=O)N2. The van der Waals surface area contributed by atoms with Crippen molar-refractivity contribution in [2.75, 3.05) is 11.1 Å². The number of nitrogens with one attached hydrogen (secondary N) is 1. The summed E-state index contributed by atoms with van der Waals surface area (Å²) < 4.78 is 1.64. The van der Waals surface area contributed by atoms with Crippen LogP contribution in [0.25, 0.3) is 0 Å². The molecule has 0 saturated heterocycles. The van der Waals surface area contributed by atoms with E-state index in [9.17, 15) is 9.90 Å². The van der Waals surface area contributed by atoms with Gasteiger partial charge in [-0.05, 0) is 30.5 Å². The lowest BCUT2D eigenvalue weighted by Gasteiger charge is -2.32. The molecule has 0 bridgehead atoms. The number of rotatable bonds is 1. The summed E-state index contributed by atoms with van der Waals surface area (Å²) in [5.74, 6) is 1.01. The molecule has 0 saturated carbocycles. The molecule has 4 N–H and O–H groups in total. The summed E-state index contributed by atoms with van der Waals surface area (Å²) in [4.78, 5) is 16.6. The first-order valence-corrected chi connectivity index (χ1v) is 7.17. The van der Waals surface area contributed by atoms with Crippen molar-refractivity contribution in [3.63, 3.8) is 0 Å². The van der Waals surface area contributed by atoms with Crippen LogP contribution in [0.15, 0.2) is 35.5 Å². The average molecular weight is 297 g/mol. The van der Waals surface area contributed by atoms with Crippen LogP contribution in [0.1, 0.15) is 30.9 Å². The highest BCUT2D eigenvalue weighted by Gasteiger charge is 2.36. The van der Waals surface area contributed by atoms with Crippen molar-refractivity contribution >= 4 is 17.7 Å². The van der Waals surface area contributed by atoms with E-state index in [1.165, 1.54) is 0 Å². The number of aromatic hydroxyl groups is 1. The molecular weight excluding hydrogens is 282 g/mol. The Bertz CT molecular complexity index is 791. The summed E-state index contributed by atoms with van der Waals surface area (Å²) >= 11 is 0. The Balaban J connectivity index is 1.92. The van der Waals surface area contributed by atoms with Gasteiger partial charge in [0, 0.05) is 17.7 Å². The third-order valence-electron chi connectivity index (χ3n) is 4.09. The number of allylic oxidation sites excluding steroid dienone is 2. The highest BCUT2D eigenvalue weighted by molar-refractivity contribution is 5.99. The largest absolute Gasteiger partial charge is 0.508 e. The minimum atomic E-state index is -0.357. The number of nitrogen functional groups attached to an aromatic ring is 1. The number of ketones is 1. The first-order chi connectivity index (χ1) is 10.6. The number of benzene rings is 1. The van der Waals surface area contributed by atoms with Crippen LogP contribution in [0.5, 0.6) is 5.75 Å². The van der Waals surface area contributed by atoms with E-state index in [4.69, 9.17) is 5.73 Å². The zero-order valence-corrected chi connectivity index (χ0v) is 11.8. The highest BCUT2D eigenvalue weighted by Crippen LogP contribution is 2.40. The monoisotopic (exact) mass is 297 g/mol. The van der Waals surface area contributed by atoms with Crippen molar-refractivity contribution in [3.05, 3.63) is 41.1 Å². The van der Waals surface area contributed by atoms with Crippen molar-refractivity contribution < 1.29 is 9.90 Å². The number of nitrogens with zero attached hydrogens (tertiary/aromatic N) is 3. The maximum Gasteiger partial charge on any atom is 0.241 e. The Morgan fingerprint density at radius 1 is 1.27 bits per heavy atom. The quantitative estimate of drug-likeness (QED) is 0.738.